The number of aliphatic hydroxyl groups excluding tert-OH is 2. The van der Waals surface area contributed by atoms with Crippen molar-refractivity contribution in [2.45, 2.75) is 31.1 Å². The molecule has 0 aliphatic carbocycles. The van der Waals surface area contributed by atoms with E-state index in [1.54, 1.807) is 0 Å². The summed E-state index contributed by atoms with van der Waals surface area (Å²) >= 11 is 0. The van der Waals surface area contributed by atoms with Crippen molar-refractivity contribution in [3.05, 3.63) is 0 Å². The number of aliphatic carboxylic acids is 1. The SMILES string of the molecule is O=C(O)C1CCC(CNC(CO)CO)O1. The van der Waals surface area contributed by atoms with Crippen molar-refractivity contribution in [3.8, 4) is 0 Å². The van der Waals surface area contributed by atoms with Gasteiger partial charge in [-0.3, -0.25) is 0 Å². The van der Waals surface area contributed by atoms with E-state index in [2.05, 4.69) is 5.32 Å². The maximum atomic E-state index is 10.6. The van der Waals surface area contributed by atoms with Crippen LogP contribution in [0.4, 0.5) is 0 Å². The summed E-state index contributed by atoms with van der Waals surface area (Å²) in [6.45, 7) is 0.159. The van der Waals surface area contributed by atoms with E-state index in [1.807, 2.05) is 0 Å². The Bertz CT molecular complexity index is 207. The number of hydrogen-bond acceptors (Lipinski definition) is 5. The van der Waals surface area contributed by atoms with Crippen molar-refractivity contribution in [2.75, 3.05) is 19.8 Å². The quantitative estimate of drug-likeness (QED) is 0.437. The highest BCUT2D eigenvalue weighted by molar-refractivity contribution is 5.72. The number of carboxylic acids is 1. The van der Waals surface area contributed by atoms with Gasteiger partial charge in [0, 0.05) is 6.54 Å². The van der Waals surface area contributed by atoms with Crippen LogP contribution in [0.2, 0.25) is 0 Å². The minimum Gasteiger partial charge on any atom is -0.479 e. The molecule has 0 saturated carbocycles. The number of rotatable bonds is 6. The van der Waals surface area contributed by atoms with Crippen molar-refractivity contribution in [1.82, 2.24) is 5.32 Å². The standard InChI is InChI=1S/C9H17NO5/c11-4-6(5-12)10-3-7-1-2-8(15-7)9(13)14/h6-8,10-12H,1-5H2,(H,13,14). The Labute approximate surface area is 87.9 Å². The first-order chi connectivity index (χ1) is 7.17. The lowest BCUT2D eigenvalue weighted by molar-refractivity contribution is -0.149. The molecular weight excluding hydrogens is 202 g/mol. The van der Waals surface area contributed by atoms with Gasteiger partial charge < -0.3 is 25.4 Å². The molecule has 0 amide bonds. The summed E-state index contributed by atoms with van der Waals surface area (Å²) in [6.07, 6.45) is 0.350. The van der Waals surface area contributed by atoms with Crippen LogP contribution in [0.5, 0.6) is 0 Å². The van der Waals surface area contributed by atoms with Crippen molar-refractivity contribution in [3.63, 3.8) is 0 Å². The molecule has 2 unspecified atom stereocenters. The molecule has 0 aromatic rings. The Hall–Kier alpha value is -0.690. The maximum absolute atomic E-state index is 10.6. The van der Waals surface area contributed by atoms with E-state index in [1.165, 1.54) is 0 Å². The van der Waals surface area contributed by atoms with Crippen molar-refractivity contribution < 1.29 is 24.9 Å². The molecule has 6 heteroatoms. The summed E-state index contributed by atoms with van der Waals surface area (Å²) in [5, 5.41) is 29.1. The molecule has 0 aromatic heterocycles. The van der Waals surface area contributed by atoms with Gasteiger partial charge in [0.15, 0.2) is 6.10 Å². The van der Waals surface area contributed by atoms with Crippen molar-refractivity contribution in [1.29, 1.82) is 0 Å². The number of ether oxygens (including phenoxy) is 1. The molecule has 0 spiro atoms. The van der Waals surface area contributed by atoms with Gasteiger partial charge in [-0.1, -0.05) is 0 Å². The molecular formula is C9H17NO5. The van der Waals surface area contributed by atoms with E-state index >= 15 is 0 Å². The second-order valence-electron chi connectivity index (χ2n) is 3.63. The van der Waals surface area contributed by atoms with E-state index < -0.39 is 12.1 Å². The van der Waals surface area contributed by atoms with Crippen LogP contribution in [0.1, 0.15) is 12.8 Å². The van der Waals surface area contributed by atoms with Gasteiger partial charge in [0.25, 0.3) is 0 Å². The lowest BCUT2D eigenvalue weighted by atomic mass is 10.2. The van der Waals surface area contributed by atoms with Gasteiger partial charge in [0.05, 0.1) is 25.4 Å². The predicted octanol–water partition coefficient (Wildman–Crippen LogP) is -1.44. The molecule has 0 bridgehead atoms. The lowest BCUT2D eigenvalue weighted by Crippen LogP contribution is -2.40. The Kier molecular flexibility index (Phi) is 4.97. The normalized spacial score (nSPS) is 26.1. The number of carbonyl (C=O) groups is 1. The summed E-state index contributed by atoms with van der Waals surface area (Å²) in [7, 11) is 0. The minimum atomic E-state index is -0.932. The summed E-state index contributed by atoms with van der Waals surface area (Å²) in [5.74, 6) is -0.932. The van der Waals surface area contributed by atoms with Gasteiger partial charge in [-0.2, -0.15) is 0 Å². The number of carboxylic acid groups (broad SMARTS) is 1. The molecule has 0 aromatic carbocycles. The van der Waals surface area contributed by atoms with Crippen LogP contribution >= 0.6 is 0 Å². The summed E-state index contributed by atoms with van der Waals surface area (Å²) in [6, 6.07) is -0.363. The van der Waals surface area contributed by atoms with Crippen LogP contribution in [0.25, 0.3) is 0 Å². The van der Waals surface area contributed by atoms with Crippen LogP contribution in [0.15, 0.2) is 0 Å². The smallest absolute Gasteiger partial charge is 0.332 e. The summed E-state index contributed by atoms with van der Waals surface area (Å²) in [4.78, 5) is 10.6. The topological polar surface area (TPSA) is 99.0 Å². The van der Waals surface area contributed by atoms with Crippen LogP contribution in [0.3, 0.4) is 0 Å². The van der Waals surface area contributed by atoms with Crippen LogP contribution < -0.4 is 5.32 Å². The Morgan fingerprint density at radius 2 is 2.07 bits per heavy atom. The van der Waals surface area contributed by atoms with E-state index in [-0.39, 0.29) is 25.4 Å². The third-order valence-corrected chi connectivity index (χ3v) is 2.46. The molecule has 0 radical (unpaired) electrons. The molecule has 4 N–H and O–H groups in total. The molecule has 1 aliphatic heterocycles. The molecule has 2 atom stereocenters. The zero-order valence-electron chi connectivity index (χ0n) is 8.43. The van der Waals surface area contributed by atoms with E-state index in [0.29, 0.717) is 19.4 Å². The Balaban J connectivity index is 2.21. The van der Waals surface area contributed by atoms with E-state index in [9.17, 15) is 4.79 Å². The van der Waals surface area contributed by atoms with Crippen LogP contribution in [-0.2, 0) is 9.53 Å². The average Bonchev–Trinajstić information content (AvgIpc) is 2.68. The fraction of sp³-hybridized carbons (Fsp3) is 0.889. The molecule has 88 valence electrons. The maximum Gasteiger partial charge on any atom is 0.332 e. The van der Waals surface area contributed by atoms with Gasteiger partial charge in [-0.05, 0) is 12.8 Å². The number of hydrogen-bond donors (Lipinski definition) is 4. The zero-order valence-corrected chi connectivity index (χ0v) is 8.43. The van der Waals surface area contributed by atoms with E-state index in [0.717, 1.165) is 0 Å². The molecule has 6 nitrogen and oxygen atoms in total. The molecule has 1 rings (SSSR count). The Morgan fingerprint density at radius 3 is 2.53 bits per heavy atom. The summed E-state index contributed by atoms with van der Waals surface area (Å²) < 4.78 is 5.24. The summed E-state index contributed by atoms with van der Waals surface area (Å²) in [5.41, 5.74) is 0. The third-order valence-electron chi connectivity index (χ3n) is 2.46. The van der Waals surface area contributed by atoms with E-state index in [4.69, 9.17) is 20.1 Å². The molecule has 1 saturated heterocycles. The second kappa shape index (κ2) is 6.02. The first kappa shape index (κ1) is 12.4. The highest BCUT2D eigenvalue weighted by Crippen LogP contribution is 2.19. The van der Waals surface area contributed by atoms with Crippen molar-refractivity contribution >= 4 is 5.97 Å². The molecule has 15 heavy (non-hydrogen) atoms. The van der Waals surface area contributed by atoms with Crippen LogP contribution in [-0.4, -0.2) is 59.3 Å². The van der Waals surface area contributed by atoms with Crippen molar-refractivity contribution in [2.24, 2.45) is 0 Å². The molecule has 1 fully saturated rings. The predicted molar refractivity (Wildman–Crippen MR) is 51.5 cm³/mol. The largest absolute Gasteiger partial charge is 0.479 e. The van der Waals surface area contributed by atoms with Gasteiger partial charge in [0.1, 0.15) is 0 Å². The fourth-order valence-corrected chi connectivity index (χ4v) is 1.52. The van der Waals surface area contributed by atoms with Gasteiger partial charge in [-0.25, -0.2) is 4.79 Å². The third kappa shape index (κ3) is 3.75. The second-order valence-corrected chi connectivity index (χ2v) is 3.63. The minimum absolute atomic E-state index is 0.147. The van der Waals surface area contributed by atoms with Crippen LogP contribution in [0, 0.1) is 0 Å². The highest BCUT2D eigenvalue weighted by Gasteiger charge is 2.30. The fourth-order valence-electron chi connectivity index (χ4n) is 1.52. The average molecular weight is 219 g/mol. The highest BCUT2D eigenvalue weighted by atomic mass is 16.5. The first-order valence-corrected chi connectivity index (χ1v) is 5.00. The Morgan fingerprint density at radius 1 is 1.40 bits per heavy atom. The lowest BCUT2D eigenvalue weighted by Gasteiger charge is -2.17. The number of nitrogens with one attached hydrogen (secondary N) is 1. The molecule has 1 heterocycles. The van der Waals surface area contributed by atoms with Gasteiger partial charge in [-0.15, -0.1) is 0 Å². The molecule has 1 aliphatic rings. The monoisotopic (exact) mass is 219 g/mol. The number of aliphatic hydroxyl groups is 2. The van der Waals surface area contributed by atoms with Gasteiger partial charge >= 0.3 is 5.97 Å². The van der Waals surface area contributed by atoms with Gasteiger partial charge in [0.2, 0.25) is 0 Å². The first-order valence-electron chi connectivity index (χ1n) is 5.00. The zero-order chi connectivity index (χ0) is 11.3.